The summed E-state index contributed by atoms with van der Waals surface area (Å²) in [5.74, 6) is 1.72. The van der Waals surface area contributed by atoms with Crippen LogP contribution in [0.1, 0.15) is 179 Å². The van der Waals surface area contributed by atoms with Crippen molar-refractivity contribution in [3.8, 4) is 22.5 Å². The molecular formula is C61H76IrN2O2-2. The van der Waals surface area contributed by atoms with E-state index in [1.807, 2.05) is 41.5 Å². The van der Waals surface area contributed by atoms with Crippen LogP contribution in [0.3, 0.4) is 0 Å². The minimum Gasteiger partial charge on any atom is -0.512 e. The average Bonchev–Trinajstić information content (AvgIpc) is 3.32. The van der Waals surface area contributed by atoms with Gasteiger partial charge >= 0.3 is 0 Å². The molecule has 0 amide bonds. The number of pyridine rings is 2. The molecule has 0 aliphatic heterocycles. The van der Waals surface area contributed by atoms with E-state index >= 15 is 0 Å². The Morgan fingerprint density at radius 1 is 0.621 bits per heavy atom. The SMILES string of the molecule is CCC(CC)C(=O)/C=C(\O)C(CC)CC.[2H]c1nc(-c2[c-]c(C)cc(C)c2)c2cc(C)c(C3CCCCC3)cc2c1[2H].[2H]c1nc(-c2[c-]c(C)cc(C)c2)c2cc(C)c(C3CCCCC3)cc2c1[2H].[Ir]. The van der Waals surface area contributed by atoms with Crippen molar-refractivity contribution in [2.24, 2.45) is 11.8 Å². The number of benzene rings is 4. The van der Waals surface area contributed by atoms with Crippen LogP contribution in [0.5, 0.6) is 0 Å². The Labute approximate surface area is 417 Å². The number of fused-ring (bicyclic) bond motifs is 2. The molecular weight excluding hydrogens is 985 g/mol. The zero-order valence-corrected chi connectivity index (χ0v) is 43.9. The van der Waals surface area contributed by atoms with Crippen LogP contribution in [0, 0.1) is 65.5 Å². The standard InChI is InChI=1S/2C24H26N.C13H24O2.Ir/c2*1-16-11-17(2)13-21(12-16)24-23-14-18(3)22(15-20(23)9-10-25-24)19-7-5-4-6-8-19;1-5-10(6-2)12(14)9-13(15)11(7-3)8-4;/h2*9-12,14-15,19H,4-8H2,1-3H3;9-11,14H,5-8H2,1-4H3;/q2*-1;;/b;;12-9-;/i2*9D,10D;;. The van der Waals surface area contributed by atoms with Gasteiger partial charge in [0.25, 0.3) is 0 Å². The van der Waals surface area contributed by atoms with Crippen LogP contribution in [0.2, 0.25) is 0 Å². The van der Waals surface area contributed by atoms with Gasteiger partial charge in [-0.1, -0.05) is 118 Å². The maximum absolute atomic E-state index is 11.7. The summed E-state index contributed by atoms with van der Waals surface area (Å²) in [4.78, 5) is 20.7. The number of rotatable bonds is 11. The molecule has 1 radical (unpaired) electrons. The molecule has 2 aliphatic rings. The Hall–Kier alpha value is -4.44. The quantitative estimate of drug-likeness (QED) is 0.0798. The zero-order valence-electron chi connectivity index (χ0n) is 45.5. The summed E-state index contributed by atoms with van der Waals surface area (Å²) in [6, 6.07) is 24.3. The predicted molar refractivity (Wildman–Crippen MR) is 276 cm³/mol. The van der Waals surface area contributed by atoms with Crippen molar-refractivity contribution in [3.63, 3.8) is 0 Å². The van der Waals surface area contributed by atoms with Gasteiger partial charge in [0.05, 0.1) is 11.2 Å². The Kier molecular flexibility index (Phi) is 17.7. The van der Waals surface area contributed by atoms with Crippen molar-refractivity contribution in [1.29, 1.82) is 0 Å². The Morgan fingerprint density at radius 2 is 1.02 bits per heavy atom. The minimum absolute atomic E-state index is 0. The first-order chi connectivity index (χ1) is 33.0. The summed E-state index contributed by atoms with van der Waals surface area (Å²) in [6.45, 7) is 20.6. The first kappa shape index (κ1) is 46.7. The van der Waals surface area contributed by atoms with Gasteiger partial charge in [-0.25, -0.2) is 0 Å². The molecule has 0 unspecified atom stereocenters. The monoisotopic (exact) mass is 1070 g/mol. The number of hydrogen-bond donors (Lipinski definition) is 1. The van der Waals surface area contributed by atoms with Gasteiger partial charge in [0.2, 0.25) is 0 Å². The molecule has 1 N–H and O–H groups in total. The Balaban J connectivity index is 0.000000203. The van der Waals surface area contributed by atoms with E-state index in [1.54, 1.807) is 0 Å². The normalized spacial score (nSPS) is 15.5. The second kappa shape index (κ2) is 25.1. The van der Waals surface area contributed by atoms with Gasteiger partial charge in [-0.15, -0.1) is 69.8 Å². The van der Waals surface area contributed by atoms with Crippen LogP contribution < -0.4 is 0 Å². The number of ketones is 1. The van der Waals surface area contributed by atoms with E-state index in [-0.39, 0.29) is 67.9 Å². The zero-order chi connectivity index (χ0) is 50.1. The molecule has 2 aromatic heterocycles. The third-order valence-electron chi connectivity index (χ3n) is 14.0. The van der Waals surface area contributed by atoms with E-state index in [0.29, 0.717) is 11.8 Å². The fraction of sp³-hybridized carbons (Fsp3) is 0.459. The summed E-state index contributed by atoms with van der Waals surface area (Å²) in [6.07, 6.45) is 17.8. The number of aromatic nitrogens is 2. The van der Waals surface area contributed by atoms with Crippen molar-refractivity contribution in [1.82, 2.24) is 9.97 Å². The summed E-state index contributed by atoms with van der Waals surface area (Å²) in [7, 11) is 0. The summed E-state index contributed by atoms with van der Waals surface area (Å²) < 4.78 is 33.4. The van der Waals surface area contributed by atoms with Gasteiger partial charge in [0.1, 0.15) is 0 Å². The van der Waals surface area contributed by atoms with Gasteiger partial charge in [-0.2, -0.15) is 0 Å². The number of aliphatic hydroxyl groups excluding tert-OH is 1. The molecule has 4 nitrogen and oxygen atoms in total. The van der Waals surface area contributed by atoms with Gasteiger partial charge in [0, 0.05) is 50.4 Å². The van der Waals surface area contributed by atoms with E-state index in [2.05, 4.69) is 98.3 Å². The number of nitrogens with zero attached hydrogens (tertiary/aromatic N) is 2. The Morgan fingerprint density at radius 3 is 1.38 bits per heavy atom. The summed E-state index contributed by atoms with van der Waals surface area (Å²) in [5.41, 5.74) is 13.1. The molecule has 0 saturated heterocycles. The summed E-state index contributed by atoms with van der Waals surface area (Å²) in [5, 5.41) is 13.4. The number of allylic oxidation sites excluding steroid dienone is 2. The molecule has 4 aromatic carbocycles. The third kappa shape index (κ3) is 13.4. The van der Waals surface area contributed by atoms with Gasteiger partial charge in [-0.05, 0) is 144 Å². The van der Waals surface area contributed by atoms with Crippen LogP contribution in [0.4, 0.5) is 0 Å². The van der Waals surface area contributed by atoms with Crippen LogP contribution in [-0.4, -0.2) is 20.9 Å². The van der Waals surface area contributed by atoms with Crippen LogP contribution in [0.25, 0.3) is 44.1 Å². The van der Waals surface area contributed by atoms with Crippen molar-refractivity contribution in [2.75, 3.05) is 0 Å². The van der Waals surface area contributed by atoms with Crippen LogP contribution >= 0.6 is 0 Å². The van der Waals surface area contributed by atoms with Crippen molar-refractivity contribution >= 4 is 27.3 Å². The molecule has 2 fully saturated rings. The predicted octanol–water partition coefficient (Wildman–Crippen LogP) is 17.2. The molecule has 0 spiro atoms. The molecule has 2 saturated carbocycles. The smallest absolute Gasteiger partial charge is 0.162 e. The van der Waals surface area contributed by atoms with E-state index in [9.17, 15) is 9.90 Å². The van der Waals surface area contributed by atoms with Gasteiger partial charge < -0.3 is 15.1 Å². The molecule has 0 bridgehead atoms. The average molecular weight is 1070 g/mol. The van der Waals surface area contributed by atoms with Crippen LogP contribution in [0.15, 0.2) is 84.8 Å². The number of carbonyl (C=O) groups excluding carboxylic acids is 1. The van der Waals surface area contributed by atoms with E-state index in [4.69, 9.17) is 5.48 Å². The maximum atomic E-state index is 11.7. The van der Waals surface area contributed by atoms with Crippen molar-refractivity contribution in [3.05, 3.63) is 141 Å². The fourth-order valence-electron chi connectivity index (χ4n) is 10.4. The molecule has 8 rings (SSSR count). The van der Waals surface area contributed by atoms with Gasteiger partial charge in [-0.3, -0.25) is 4.79 Å². The topological polar surface area (TPSA) is 63.1 Å². The largest absolute Gasteiger partial charge is 0.512 e. The van der Waals surface area contributed by atoms with Gasteiger partial charge in [0.15, 0.2) is 5.78 Å². The second-order valence-electron chi connectivity index (χ2n) is 19.1. The summed E-state index contributed by atoms with van der Waals surface area (Å²) >= 11 is 0. The van der Waals surface area contributed by atoms with E-state index in [0.717, 1.165) is 92.0 Å². The minimum atomic E-state index is 0. The molecule has 5 heteroatoms. The third-order valence-corrected chi connectivity index (χ3v) is 14.0. The fourth-order valence-corrected chi connectivity index (χ4v) is 10.4. The Bertz CT molecular complexity index is 2590. The number of hydrogen-bond acceptors (Lipinski definition) is 4. The second-order valence-corrected chi connectivity index (χ2v) is 19.1. The molecule has 353 valence electrons. The number of aryl methyl sites for hydroxylation is 6. The molecule has 6 aromatic rings. The van der Waals surface area contributed by atoms with Crippen molar-refractivity contribution in [2.45, 2.75) is 171 Å². The molecule has 2 aliphatic carbocycles. The molecule has 66 heavy (non-hydrogen) atoms. The number of carbonyl (C=O) groups is 1. The maximum Gasteiger partial charge on any atom is 0.162 e. The van der Waals surface area contributed by atoms with E-state index in [1.165, 1.54) is 92.5 Å². The first-order valence-corrected chi connectivity index (χ1v) is 24.8. The van der Waals surface area contributed by atoms with E-state index < -0.39 is 0 Å². The van der Waals surface area contributed by atoms with Crippen molar-refractivity contribution < 1.29 is 35.5 Å². The first-order valence-electron chi connectivity index (χ1n) is 26.8. The molecule has 0 atom stereocenters. The van der Waals surface area contributed by atoms with Crippen LogP contribution in [-0.2, 0) is 24.9 Å². The number of aliphatic hydroxyl groups is 1. The molecule has 2 heterocycles.